The van der Waals surface area contributed by atoms with Crippen LogP contribution in [0.3, 0.4) is 0 Å². The number of hydrogen-bond donors (Lipinski definition) is 2. The smallest absolute Gasteiger partial charge is 0.123 e. The lowest BCUT2D eigenvalue weighted by atomic mass is 9.92. The molecule has 106 valence electrons. The molecular weight excluding hydrogens is 262 g/mol. The van der Waals surface area contributed by atoms with Gasteiger partial charge < -0.3 is 15.5 Å². The van der Waals surface area contributed by atoms with Crippen LogP contribution < -0.4 is 10.5 Å². The van der Waals surface area contributed by atoms with Crippen molar-refractivity contribution in [3.05, 3.63) is 59.4 Å². The molecule has 0 bridgehead atoms. The van der Waals surface area contributed by atoms with Crippen molar-refractivity contribution in [2.24, 2.45) is 5.73 Å². The quantitative estimate of drug-likeness (QED) is 0.758. The average Bonchev–Trinajstić information content (AvgIpc) is 2.97. The minimum Gasteiger partial charge on any atom is -0.493 e. The topological polar surface area (TPSA) is 63.9 Å². The number of para-hydroxylation sites is 1. The van der Waals surface area contributed by atoms with E-state index in [1.165, 1.54) is 5.56 Å². The molecular formula is C17H17N3O. The molecule has 0 fully saturated rings. The Morgan fingerprint density at radius 3 is 3.05 bits per heavy atom. The molecule has 1 aliphatic heterocycles. The maximum atomic E-state index is 5.73. The van der Waals surface area contributed by atoms with Crippen molar-refractivity contribution in [1.82, 2.24) is 9.97 Å². The summed E-state index contributed by atoms with van der Waals surface area (Å²) in [6.45, 7) is 1.27. The highest BCUT2D eigenvalue weighted by Gasteiger charge is 2.25. The monoisotopic (exact) mass is 279 g/mol. The molecule has 1 atom stereocenters. The number of nitrogens with two attached hydrogens (primary N) is 1. The second-order valence-electron chi connectivity index (χ2n) is 5.41. The summed E-state index contributed by atoms with van der Waals surface area (Å²) in [5.74, 6) is 2.25. The summed E-state index contributed by atoms with van der Waals surface area (Å²) in [7, 11) is 0. The summed E-state index contributed by atoms with van der Waals surface area (Å²) < 4.78 is 5.73. The van der Waals surface area contributed by atoms with Crippen molar-refractivity contribution < 1.29 is 4.74 Å². The standard InChI is InChI=1S/C17H17N3O/c18-10-11-5-6-14-15(9-11)20-17(19-14)13-7-8-21-16-4-2-1-3-12(13)16/h1-6,9,13H,7-8,10,18H2,(H,19,20). The van der Waals surface area contributed by atoms with E-state index in [4.69, 9.17) is 15.5 Å². The van der Waals surface area contributed by atoms with Gasteiger partial charge in [0.05, 0.1) is 17.6 Å². The van der Waals surface area contributed by atoms with Crippen molar-refractivity contribution >= 4 is 11.0 Å². The molecule has 0 saturated heterocycles. The number of imidazole rings is 1. The van der Waals surface area contributed by atoms with Crippen molar-refractivity contribution in [3.63, 3.8) is 0 Å². The van der Waals surface area contributed by atoms with Gasteiger partial charge in [0.2, 0.25) is 0 Å². The number of rotatable bonds is 2. The van der Waals surface area contributed by atoms with E-state index in [9.17, 15) is 0 Å². The number of H-pyrrole nitrogens is 1. The zero-order chi connectivity index (χ0) is 14.2. The Morgan fingerprint density at radius 1 is 1.24 bits per heavy atom. The molecule has 3 aromatic rings. The Kier molecular flexibility index (Phi) is 2.89. The number of aromatic amines is 1. The van der Waals surface area contributed by atoms with Crippen LogP contribution >= 0.6 is 0 Å². The van der Waals surface area contributed by atoms with Gasteiger partial charge in [-0.15, -0.1) is 0 Å². The van der Waals surface area contributed by atoms with Gasteiger partial charge in [-0.05, 0) is 30.2 Å². The van der Waals surface area contributed by atoms with Gasteiger partial charge in [0, 0.05) is 18.0 Å². The molecule has 21 heavy (non-hydrogen) atoms. The van der Waals surface area contributed by atoms with E-state index < -0.39 is 0 Å². The molecule has 3 N–H and O–H groups in total. The first-order valence-electron chi connectivity index (χ1n) is 7.25. The molecule has 2 heterocycles. The molecule has 4 rings (SSSR count). The number of benzene rings is 2. The van der Waals surface area contributed by atoms with Gasteiger partial charge in [0.25, 0.3) is 0 Å². The zero-order valence-corrected chi connectivity index (χ0v) is 11.7. The van der Waals surface area contributed by atoms with Crippen LogP contribution in [0.15, 0.2) is 42.5 Å². The first-order chi connectivity index (χ1) is 10.3. The molecule has 2 aromatic carbocycles. The molecule has 1 unspecified atom stereocenters. The van der Waals surface area contributed by atoms with Gasteiger partial charge in [-0.25, -0.2) is 4.98 Å². The fraction of sp³-hybridized carbons (Fsp3) is 0.235. The molecule has 4 nitrogen and oxygen atoms in total. The number of fused-ring (bicyclic) bond motifs is 2. The molecule has 0 amide bonds. The largest absolute Gasteiger partial charge is 0.493 e. The van der Waals surface area contributed by atoms with E-state index in [1.54, 1.807) is 0 Å². The van der Waals surface area contributed by atoms with Gasteiger partial charge in [-0.2, -0.15) is 0 Å². The SMILES string of the molecule is NCc1ccc2nc(C3CCOc4ccccc43)[nH]c2c1. The summed E-state index contributed by atoms with van der Waals surface area (Å²) in [4.78, 5) is 8.22. The minimum atomic E-state index is 0.267. The van der Waals surface area contributed by atoms with Crippen LogP contribution in [0.5, 0.6) is 5.75 Å². The Labute approximate surface area is 123 Å². The Hall–Kier alpha value is -2.33. The van der Waals surface area contributed by atoms with E-state index in [-0.39, 0.29) is 5.92 Å². The zero-order valence-electron chi connectivity index (χ0n) is 11.7. The fourth-order valence-electron chi connectivity index (χ4n) is 2.99. The normalized spacial score (nSPS) is 17.5. The van der Waals surface area contributed by atoms with Crippen LogP contribution in [-0.4, -0.2) is 16.6 Å². The second-order valence-corrected chi connectivity index (χ2v) is 5.41. The van der Waals surface area contributed by atoms with Crippen molar-refractivity contribution in [2.45, 2.75) is 18.9 Å². The third-order valence-corrected chi connectivity index (χ3v) is 4.09. The predicted molar refractivity (Wildman–Crippen MR) is 82.4 cm³/mol. The van der Waals surface area contributed by atoms with Crippen LogP contribution in [0.4, 0.5) is 0 Å². The van der Waals surface area contributed by atoms with Gasteiger partial charge in [-0.3, -0.25) is 0 Å². The third kappa shape index (κ3) is 2.08. The highest BCUT2D eigenvalue weighted by molar-refractivity contribution is 5.76. The van der Waals surface area contributed by atoms with E-state index in [1.807, 2.05) is 24.3 Å². The molecule has 0 saturated carbocycles. The number of aromatic nitrogens is 2. The Morgan fingerprint density at radius 2 is 2.14 bits per heavy atom. The molecule has 0 aliphatic carbocycles. The first-order valence-corrected chi connectivity index (χ1v) is 7.25. The van der Waals surface area contributed by atoms with Crippen LogP contribution in [-0.2, 0) is 6.54 Å². The molecule has 1 aliphatic rings. The van der Waals surface area contributed by atoms with Crippen LogP contribution in [0.2, 0.25) is 0 Å². The van der Waals surface area contributed by atoms with E-state index in [0.29, 0.717) is 6.54 Å². The van der Waals surface area contributed by atoms with E-state index in [0.717, 1.165) is 41.2 Å². The summed E-state index contributed by atoms with van der Waals surface area (Å²) in [6.07, 6.45) is 0.945. The highest BCUT2D eigenvalue weighted by Crippen LogP contribution is 2.37. The van der Waals surface area contributed by atoms with Crippen molar-refractivity contribution in [3.8, 4) is 5.75 Å². The summed E-state index contributed by atoms with van der Waals surface area (Å²) in [5.41, 5.74) is 10.1. The first kappa shape index (κ1) is 12.4. The average molecular weight is 279 g/mol. The lowest BCUT2D eigenvalue weighted by molar-refractivity contribution is 0.275. The Bertz CT molecular complexity index is 794. The summed E-state index contributed by atoms with van der Waals surface area (Å²) in [5, 5.41) is 0. The number of hydrogen-bond acceptors (Lipinski definition) is 3. The van der Waals surface area contributed by atoms with Crippen molar-refractivity contribution in [2.75, 3.05) is 6.61 Å². The van der Waals surface area contributed by atoms with Gasteiger partial charge in [0.15, 0.2) is 0 Å². The molecule has 0 radical (unpaired) electrons. The molecule has 0 spiro atoms. The predicted octanol–water partition coefficient (Wildman–Crippen LogP) is 2.94. The van der Waals surface area contributed by atoms with Gasteiger partial charge in [-0.1, -0.05) is 24.3 Å². The van der Waals surface area contributed by atoms with E-state index in [2.05, 4.69) is 23.2 Å². The Balaban J connectivity index is 1.80. The number of nitrogens with one attached hydrogen (secondary N) is 1. The molecule has 1 aromatic heterocycles. The van der Waals surface area contributed by atoms with E-state index >= 15 is 0 Å². The number of nitrogens with zero attached hydrogens (tertiary/aromatic N) is 1. The lowest BCUT2D eigenvalue weighted by Gasteiger charge is -2.24. The summed E-state index contributed by atoms with van der Waals surface area (Å²) in [6, 6.07) is 14.3. The van der Waals surface area contributed by atoms with Crippen LogP contribution in [0.1, 0.15) is 29.3 Å². The molecule has 4 heteroatoms. The maximum absolute atomic E-state index is 5.73. The lowest BCUT2D eigenvalue weighted by Crippen LogP contribution is -2.16. The van der Waals surface area contributed by atoms with Gasteiger partial charge >= 0.3 is 0 Å². The minimum absolute atomic E-state index is 0.267. The van der Waals surface area contributed by atoms with Crippen LogP contribution in [0.25, 0.3) is 11.0 Å². The fourth-order valence-corrected chi connectivity index (χ4v) is 2.99. The second kappa shape index (κ2) is 4.90. The van der Waals surface area contributed by atoms with Crippen LogP contribution in [0, 0.1) is 0 Å². The maximum Gasteiger partial charge on any atom is 0.123 e. The van der Waals surface area contributed by atoms with Crippen molar-refractivity contribution in [1.29, 1.82) is 0 Å². The third-order valence-electron chi connectivity index (χ3n) is 4.09. The number of ether oxygens (including phenoxy) is 1. The summed E-state index contributed by atoms with van der Waals surface area (Å²) >= 11 is 0. The highest BCUT2D eigenvalue weighted by atomic mass is 16.5. The van der Waals surface area contributed by atoms with Gasteiger partial charge in [0.1, 0.15) is 11.6 Å².